The molecule has 0 saturated carbocycles. The first-order chi connectivity index (χ1) is 14.9. The van der Waals surface area contributed by atoms with E-state index in [1.807, 2.05) is 6.92 Å². The van der Waals surface area contributed by atoms with Crippen LogP contribution in [0.15, 0.2) is 63.9 Å². The Balaban J connectivity index is 1.60. The molecule has 5 nitrogen and oxygen atoms in total. The minimum atomic E-state index is -0.397. The van der Waals surface area contributed by atoms with Gasteiger partial charge in [0.1, 0.15) is 10.5 Å². The van der Waals surface area contributed by atoms with Gasteiger partial charge < -0.3 is 5.32 Å². The van der Waals surface area contributed by atoms with Gasteiger partial charge in [0.2, 0.25) is 5.91 Å². The van der Waals surface area contributed by atoms with Gasteiger partial charge in [-0.25, -0.2) is 9.37 Å². The number of rotatable bonds is 6. The molecule has 0 spiro atoms. The summed E-state index contributed by atoms with van der Waals surface area (Å²) in [5.41, 5.74) is 2.09. The van der Waals surface area contributed by atoms with Crippen LogP contribution in [0.2, 0.25) is 5.02 Å². The number of aromatic nitrogens is 2. The Morgan fingerprint density at radius 1 is 1.23 bits per heavy atom. The fourth-order valence-corrected chi connectivity index (χ4v) is 4.78. The van der Waals surface area contributed by atoms with E-state index in [1.165, 1.54) is 22.0 Å². The van der Waals surface area contributed by atoms with E-state index in [-0.39, 0.29) is 23.8 Å². The summed E-state index contributed by atoms with van der Waals surface area (Å²) in [6.07, 6.45) is 0. The van der Waals surface area contributed by atoms with Crippen molar-refractivity contribution in [1.29, 1.82) is 0 Å². The largest absolute Gasteiger partial charge is 0.325 e. The van der Waals surface area contributed by atoms with Crippen molar-refractivity contribution in [3.05, 3.63) is 86.2 Å². The summed E-state index contributed by atoms with van der Waals surface area (Å²) in [6.45, 7) is 1.85. The predicted molar refractivity (Wildman–Crippen MR) is 125 cm³/mol. The minimum absolute atomic E-state index is 0.0314. The number of thiophene rings is 1. The lowest BCUT2D eigenvalue weighted by atomic mass is 10.2. The number of thioether (sulfide) groups is 1. The van der Waals surface area contributed by atoms with Crippen molar-refractivity contribution in [1.82, 2.24) is 9.55 Å². The molecular weight excluding hydrogens is 457 g/mol. The molecule has 0 aliphatic heterocycles. The van der Waals surface area contributed by atoms with E-state index in [0.29, 0.717) is 31.6 Å². The van der Waals surface area contributed by atoms with Crippen molar-refractivity contribution in [2.45, 2.75) is 18.6 Å². The summed E-state index contributed by atoms with van der Waals surface area (Å²) < 4.78 is 16.1. The maximum Gasteiger partial charge on any atom is 0.272 e. The number of carbonyl (C=O) groups excluding carboxylic acids is 1. The molecule has 158 valence electrons. The number of anilines is 1. The number of nitrogens with one attached hydrogen (secondary N) is 1. The van der Waals surface area contributed by atoms with E-state index in [9.17, 15) is 14.0 Å². The highest BCUT2D eigenvalue weighted by atomic mass is 35.5. The summed E-state index contributed by atoms with van der Waals surface area (Å²) in [6, 6.07) is 13.3. The quantitative estimate of drug-likeness (QED) is 0.303. The molecule has 0 radical (unpaired) electrons. The highest BCUT2D eigenvalue weighted by molar-refractivity contribution is 7.99. The molecule has 2 aromatic carbocycles. The van der Waals surface area contributed by atoms with Gasteiger partial charge >= 0.3 is 0 Å². The van der Waals surface area contributed by atoms with Crippen LogP contribution in [-0.2, 0) is 11.3 Å². The van der Waals surface area contributed by atoms with E-state index in [0.717, 1.165) is 17.3 Å². The highest BCUT2D eigenvalue weighted by Crippen LogP contribution is 2.25. The van der Waals surface area contributed by atoms with E-state index < -0.39 is 5.82 Å². The molecule has 0 bridgehead atoms. The van der Waals surface area contributed by atoms with Crippen LogP contribution in [0.4, 0.5) is 10.1 Å². The van der Waals surface area contributed by atoms with Crippen molar-refractivity contribution in [3.8, 4) is 0 Å². The normalized spacial score (nSPS) is 11.1. The Hall–Kier alpha value is -2.68. The Morgan fingerprint density at radius 2 is 2.03 bits per heavy atom. The van der Waals surface area contributed by atoms with Gasteiger partial charge in [0.05, 0.1) is 17.8 Å². The van der Waals surface area contributed by atoms with Crippen molar-refractivity contribution in [2.24, 2.45) is 0 Å². The molecule has 0 aliphatic rings. The number of halogens is 2. The zero-order chi connectivity index (χ0) is 22.0. The van der Waals surface area contributed by atoms with Gasteiger partial charge in [-0.05, 0) is 42.1 Å². The Kier molecular flexibility index (Phi) is 6.41. The zero-order valence-electron chi connectivity index (χ0n) is 16.4. The molecule has 2 aromatic heterocycles. The molecule has 0 atom stereocenters. The Morgan fingerprint density at radius 3 is 2.84 bits per heavy atom. The Bertz CT molecular complexity index is 1340. The number of carbonyl (C=O) groups is 1. The lowest BCUT2D eigenvalue weighted by Crippen LogP contribution is -2.24. The summed E-state index contributed by atoms with van der Waals surface area (Å²) >= 11 is 8.53. The highest BCUT2D eigenvalue weighted by Gasteiger charge is 2.16. The smallest absolute Gasteiger partial charge is 0.272 e. The van der Waals surface area contributed by atoms with E-state index in [1.54, 1.807) is 47.8 Å². The van der Waals surface area contributed by atoms with Crippen LogP contribution in [0, 0.1) is 12.7 Å². The van der Waals surface area contributed by atoms with Crippen LogP contribution >= 0.6 is 34.7 Å². The van der Waals surface area contributed by atoms with Crippen LogP contribution in [0.5, 0.6) is 0 Å². The maximum absolute atomic E-state index is 14.2. The molecule has 4 aromatic rings. The van der Waals surface area contributed by atoms with Gasteiger partial charge in [0, 0.05) is 16.3 Å². The van der Waals surface area contributed by atoms with Gasteiger partial charge in [-0.15, -0.1) is 11.3 Å². The second kappa shape index (κ2) is 9.21. The molecule has 1 amide bonds. The molecule has 2 heterocycles. The predicted octanol–water partition coefficient (Wildman–Crippen LogP) is 5.34. The molecule has 31 heavy (non-hydrogen) atoms. The van der Waals surface area contributed by atoms with Crippen molar-refractivity contribution < 1.29 is 9.18 Å². The van der Waals surface area contributed by atoms with E-state index >= 15 is 0 Å². The van der Waals surface area contributed by atoms with Crippen LogP contribution in [0.3, 0.4) is 0 Å². The summed E-state index contributed by atoms with van der Waals surface area (Å²) in [4.78, 5) is 30.1. The SMILES string of the molecule is Cc1c(Cl)cccc1NC(=O)CSc1nc2ccsc2c(=O)n1Cc1ccccc1F. The number of nitrogens with zero attached hydrogens (tertiary/aromatic N) is 2. The topological polar surface area (TPSA) is 64.0 Å². The van der Waals surface area contributed by atoms with E-state index in [2.05, 4.69) is 10.3 Å². The molecule has 0 saturated heterocycles. The lowest BCUT2D eigenvalue weighted by Gasteiger charge is -2.13. The summed E-state index contributed by atoms with van der Waals surface area (Å²) in [5, 5.41) is 5.54. The van der Waals surface area contributed by atoms with Crippen LogP contribution in [-0.4, -0.2) is 21.2 Å². The number of benzene rings is 2. The molecule has 4 rings (SSSR count). The van der Waals surface area contributed by atoms with Crippen LogP contribution < -0.4 is 10.9 Å². The van der Waals surface area contributed by atoms with Gasteiger partial charge in [-0.1, -0.05) is 47.6 Å². The standard InChI is InChI=1S/C22H17ClFN3O2S2/c1-13-15(23)6-4-8-17(13)25-19(28)12-31-22-26-18-9-10-30-20(18)21(29)27(22)11-14-5-2-3-7-16(14)24/h2-10H,11-12H2,1H3,(H,25,28). The third-order valence-corrected chi connectivity index (χ3v) is 6.97. The maximum atomic E-state index is 14.2. The van der Waals surface area contributed by atoms with Crippen molar-refractivity contribution in [3.63, 3.8) is 0 Å². The average Bonchev–Trinajstić information content (AvgIpc) is 3.22. The van der Waals surface area contributed by atoms with Crippen LogP contribution in [0.1, 0.15) is 11.1 Å². The fourth-order valence-electron chi connectivity index (χ4n) is 3.03. The number of fused-ring (bicyclic) bond motifs is 1. The van der Waals surface area contributed by atoms with Crippen LogP contribution in [0.25, 0.3) is 10.2 Å². The average molecular weight is 474 g/mol. The molecule has 0 aliphatic carbocycles. The Labute approximate surface area is 190 Å². The van der Waals surface area contributed by atoms with Gasteiger partial charge in [0.25, 0.3) is 5.56 Å². The number of amides is 1. The van der Waals surface area contributed by atoms with E-state index in [4.69, 9.17) is 11.6 Å². The zero-order valence-corrected chi connectivity index (χ0v) is 18.8. The second-order valence-electron chi connectivity index (χ2n) is 6.76. The third-order valence-electron chi connectivity index (χ3n) is 4.69. The first-order valence-corrected chi connectivity index (χ1v) is 11.6. The lowest BCUT2D eigenvalue weighted by molar-refractivity contribution is -0.113. The second-order valence-corrected chi connectivity index (χ2v) is 9.03. The molecule has 0 fully saturated rings. The molecule has 0 unspecified atom stereocenters. The van der Waals surface area contributed by atoms with Crippen molar-refractivity contribution >= 4 is 56.5 Å². The van der Waals surface area contributed by atoms with Gasteiger partial charge in [-0.3, -0.25) is 14.2 Å². The minimum Gasteiger partial charge on any atom is -0.325 e. The fraction of sp³-hybridized carbons (Fsp3) is 0.136. The third kappa shape index (κ3) is 4.66. The molecule has 9 heteroatoms. The van der Waals surface area contributed by atoms with Gasteiger partial charge in [0.15, 0.2) is 5.16 Å². The molecular formula is C22H17ClFN3O2S2. The summed E-state index contributed by atoms with van der Waals surface area (Å²) in [5.74, 6) is -0.621. The number of hydrogen-bond donors (Lipinski definition) is 1. The molecule has 1 N–H and O–H groups in total. The first kappa shape index (κ1) is 21.5. The number of hydrogen-bond acceptors (Lipinski definition) is 5. The monoisotopic (exact) mass is 473 g/mol. The summed E-state index contributed by atoms with van der Waals surface area (Å²) in [7, 11) is 0. The van der Waals surface area contributed by atoms with Gasteiger partial charge in [-0.2, -0.15) is 0 Å². The van der Waals surface area contributed by atoms with Crippen molar-refractivity contribution in [2.75, 3.05) is 11.1 Å². The first-order valence-electron chi connectivity index (χ1n) is 9.33.